The van der Waals surface area contributed by atoms with E-state index in [1.54, 1.807) is 29.9 Å². The summed E-state index contributed by atoms with van der Waals surface area (Å²) in [6.45, 7) is 0.679. The molecule has 0 saturated heterocycles. The molecule has 0 bridgehead atoms. The summed E-state index contributed by atoms with van der Waals surface area (Å²) in [6.07, 6.45) is 5.34. The highest BCUT2D eigenvalue weighted by Gasteiger charge is 1.97. The molecule has 0 radical (unpaired) electrons. The summed E-state index contributed by atoms with van der Waals surface area (Å²) in [6, 6.07) is 0. The van der Waals surface area contributed by atoms with E-state index in [1.807, 2.05) is 5.38 Å². The number of aromatic nitrogens is 3. The zero-order valence-corrected chi connectivity index (χ0v) is 10.1. The Bertz CT molecular complexity index is 386. The molecule has 0 saturated carbocycles. The van der Waals surface area contributed by atoms with Gasteiger partial charge in [0.1, 0.15) is 5.01 Å². The third kappa shape index (κ3) is 2.61. The van der Waals surface area contributed by atoms with Crippen LogP contribution in [0.15, 0.2) is 24.0 Å². The average molecular weight is 318 g/mol. The van der Waals surface area contributed by atoms with Gasteiger partial charge in [0, 0.05) is 27.5 Å². The third-order valence-electron chi connectivity index (χ3n) is 1.50. The van der Waals surface area contributed by atoms with Gasteiger partial charge in [0.25, 0.3) is 0 Å². The van der Waals surface area contributed by atoms with Crippen molar-refractivity contribution in [2.45, 2.75) is 6.54 Å². The predicted octanol–water partition coefficient (Wildman–Crippen LogP) is 2.15. The van der Waals surface area contributed by atoms with Gasteiger partial charge in [-0.3, -0.25) is 0 Å². The summed E-state index contributed by atoms with van der Waals surface area (Å²) in [4.78, 5) is 12.4. The average Bonchev–Trinajstić information content (AvgIpc) is 2.70. The summed E-state index contributed by atoms with van der Waals surface area (Å²) in [5.74, 6) is 0.639. The first-order valence-corrected chi connectivity index (χ1v) is 5.90. The standard InChI is InChI=1S/C8H7IN4S/c9-6-3-11-8(12-4-6)13-5-7-10-1-2-14-7/h1-4H,5H2,(H,11,12,13). The maximum atomic E-state index is 4.15. The van der Waals surface area contributed by atoms with E-state index in [2.05, 4.69) is 42.9 Å². The Morgan fingerprint density at radius 1 is 1.29 bits per heavy atom. The van der Waals surface area contributed by atoms with Crippen LogP contribution in [0, 0.1) is 3.57 Å². The van der Waals surface area contributed by atoms with Crippen LogP contribution in [0.4, 0.5) is 5.95 Å². The van der Waals surface area contributed by atoms with Crippen LogP contribution in [0.3, 0.4) is 0 Å². The van der Waals surface area contributed by atoms with Crippen molar-refractivity contribution in [3.8, 4) is 0 Å². The molecule has 2 aromatic heterocycles. The van der Waals surface area contributed by atoms with Crippen LogP contribution < -0.4 is 5.32 Å². The van der Waals surface area contributed by atoms with E-state index in [1.165, 1.54) is 0 Å². The smallest absolute Gasteiger partial charge is 0.222 e. The van der Waals surface area contributed by atoms with Gasteiger partial charge in [-0.2, -0.15) is 0 Å². The molecular weight excluding hydrogens is 311 g/mol. The van der Waals surface area contributed by atoms with Gasteiger partial charge in [-0.05, 0) is 22.6 Å². The number of nitrogens with zero attached hydrogens (tertiary/aromatic N) is 3. The zero-order valence-electron chi connectivity index (χ0n) is 7.14. The van der Waals surface area contributed by atoms with E-state index in [9.17, 15) is 0 Å². The molecule has 1 N–H and O–H groups in total. The summed E-state index contributed by atoms with van der Waals surface area (Å²) in [7, 11) is 0. The van der Waals surface area contributed by atoms with Crippen molar-refractivity contribution in [1.29, 1.82) is 0 Å². The van der Waals surface area contributed by atoms with Crippen LogP contribution in [-0.2, 0) is 6.54 Å². The maximum absolute atomic E-state index is 4.15. The summed E-state index contributed by atoms with van der Waals surface area (Å²) < 4.78 is 1.03. The van der Waals surface area contributed by atoms with Crippen molar-refractivity contribution in [2.24, 2.45) is 0 Å². The fourth-order valence-electron chi connectivity index (χ4n) is 0.899. The van der Waals surface area contributed by atoms with E-state index in [4.69, 9.17) is 0 Å². The fraction of sp³-hybridized carbons (Fsp3) is 0.125. The second-order valence-electron chi connectivity index (χ2n) is 2.50. The van der Waals surface area contributed by atoms with Crippen LogP contribution in [0.1, 0.15) is 5.01 Å². The Hall–Kier alpha value is -0.760. The first kappa shape index (κ1) is 9.78. The summed E-state index contributed by atoms with van der Waals surface area (Å²) in [5.41, 5.74) is 0. The lowest BCUT2D eigenvalue weighted by Crippen LogP contribution is -2.02. The zero-order chi connectivity index (χ0) is 9.80. The van der Waals surface area contributed by atoms with Gasteiger partial charge in [0.05, 0.1) is 6.54 Å². The molecule has 2 aromatic rings. The summed E-state index contributed by atoms with van der Waals surface area (Å²) >= 11 is 3.79. The molecule has 14 heavy (non-hydrogen) atoms. The number of anilines is 1. The van der Waals surface area contributed by atoms with Crippen molar-refractivity contribution in [3.63, 3.8) is 0 Å². The minimum atomic E-state index is 0.639. The Kier molecular flexibility index (Phi) is 3.25. The molecule has 2 rings (SSSR count). The van der Waals surface area contributed by atoms with Gasteiger partial charge in [-0.15, -0.1) is 11.3 Å². The molecule has 6 heteroatoms. The van der Waals surface area contributed by atoms with Crippen LogP contribution in [0.5, 0.6) is 0 Å². The van der Waals surface area contributed by atoms with Crippen molar-refractivity contribution in [1.82, 2.24) is 15.0 Å². The highest BCUT2D eigenvalue weighted by Crippen LogP contribution is 2.07. The van der Waals surface area contributed by atoms with E-state index in [0.717, 1.165) is 8.58 Å². The number of thiazole rings is 1. The molecule has 0 aliphatic heterocycles. The normalized spacial score (nSPS) is 10.1. The minimum Gasteiger partial charge on any atom is -0.348 e. The topological polar surface area (TPSA) is 50.7 Å². The first-order valence-electron chi connectivity index (χ1n) is 3.94. The van der Waals surface area contributed by atoms with E-state index < -0.39 is 0 Å². The van der Waals surface area contributed by atoms with Crippen LogP contribution >= 0.6 is 33.9 Å². The van der Waals surface area contributed by atoms with Crippen LogP contribution in [0.2, 0.25) is 0 Å². The van der Waals surface area contributed by atoms with Gasteiger partial charge in [0.2, 0.25) is 5.95 Å². The highest BCUT2D eigenvalue weighted by molar-refractivity contribution is 14.1. The molecule has 2 heterocycles. The molecule has 4 nitrogen and oxygen atoms in total. The molecule has 0 aliphatic rings. The Morgan fingerprint density at radius 3 is 2.71 bits per heavy atom. The Labute approximate surface area is 99.0 Å². The van der Waals surface area contributed by atoms with Gasteiger partial charge < -0.3 is 5.32 Å². The molecule has 0 amide bonds. The Morgan fingerprint density at radius 2 is 2.07 bits per heavy atom. The van der Waals surface area contributed by atoms with E-state index in [0.29, 0.717) is 12.5 Å². The maximum Gasteiger partial charge on any atom is 0.222 e. The molecule has 0 atom stereocenters. The fourth-order valence-corrected chi connectivity index (χ4v) is 1.73. The third-order valence-corrected chi connectivity index (χ3v) is 2.84. The van der Waals surface area contributed by atoms with Gasteiger partial charge in [-0.25, -0.2) is 15.0 Å². The highest BCUT2D eigenvalue weighted by atomic mass is 127. The second kappa shape index (κ2) is 4.65. The number of rotatable bonds is 3. The van der Waals surface area contributed by atoms with Gasteiger partial charge >= 0.3 is 0 Å². The lowest BCUT2D eigenvalue weighted by Gasteiger charge is -2.00. The van der Waals surface area contributed by atoms with Crippen molar-refractivity contribution in [2.75, 3.05) is 5.32 Å². The molecule has 0 aromatic carbocycles. The Balaban J connectivity index is 1.95. The second-order valence-corrected chi connectivity index (χ2v) is 4.73. The monoisotopic (exact) mass is 318 g/mol. The number of nitrogens with one attached hydrogen (secondary N) is 1. The number of hydrogen-bond donors (Lipinski definition) is 1. The van der Waals surface area contributed by atoms with E-state index in [-0.39, 0.29) is 0 Å². The lowest BCUT2D eigenvalue weighted by atomic mass is 10.6. The van der Waals surface area contributed by atoms with Crippen molar-refractivity contribution >= 4 is 39.9 Å². The quantitative estimate of drug-likeness (QED) is 0.881. The molecular formula is C8H7IN4S. The lowest BCUT2D eigenvalue weighted by molar-refractivity contribution is 1.03. The molecule has 0 aliphatic carbocycles. The molecule has 0 fully saturated rings. The van der Waals surface area contributed by atoms with Gasteiger partial charge in [0.15, 0.2) is 0 Å². The first-order chi connectivity index (χ1) is 6.84. The molecule has 72 valence electrons. The molecule has 0 unspecified atom stereocenters. The largest absolute Gasteiger partial charge is 0.348 e. The van der Waals surface area contributed by atoms with Gasteiger partial charge in [-0.1, -0.05) is 0 Å². The van der Waals surface area contributed by atoms with Crippen LogP contribution in [0.25, 0.3) is 0 Å². The summed E-state index contributed by atoms with van der Waals surface area (Å²) in [5, 5.41) is 6.08. The van der Waals surface area contributed by atoms with Crippen LogP contribution in [-0.4, -0.2) is 15.0 Å². The van der Waals surface area contributed by atoms with Crippen molar-refractivity contribution in [3.05, 3.63) is 32.5 Å². The van der Waals surface area contributed by atoms with Crippen molar-refractivity contribution < 1.29 is 0 Å². The minimum absolute atomic E-state index is 0.639. The molecule has 0 spiro atoms. The van der Waals surface area contributed by atoms with E-state index >= 15 is 0 Å². The predicted molar refractivity (Wildman–Crippen MR) is 64.2 cm³/mol. The number of halogens is 1. The SMILES string of the molecule is Ic1cnc(NCc2nccs2)nc1. The number of hydrogen-bond acceptors (Lipinski definition) is 5.